The molecule has 2 aromatic rings. The lowest BCUT2D eigenvalue weighted by atomic mass is 10.0. The van der Waals surface area contributed by atoms with Crippen LogP contribution in [0.4, 0.5) is 0 Å². The predicted molar refractivity (Wildman–Crippen MR) is 66.4 cm³/mol. The Morgan fingerprint density at radius 1 is 1.29 bits per heavy atom. The quantitative estimate of drug-likeness (QED) is 0.749. The molecule has 0 unspecified atom stereocenters. The van der Waals surface area contributed by atoms with Gasteiger partial charge in [0.2, 0.25) is 0 Å². The fourth-order valence-electron chi connectivity index (χ4n) is 1.60. The lowest BCUT2D eigenvalue weighted by Crippen LogP contribution is -2.01. The van der Waals surface area contributed by atoms with Crippen molar-refractivity contribution in [2.45, 2.75) is 6.42 Å². The molecule has 2 heterocycles. The summed E-state index contributed by atoms with van der Waals surface area (Å²) in [6, 6.07) is 7.56. The van der Waals surface area contributed by atoms with Gasteiger partial charge in [-0.15, -0.1) is 0 Å². The normalized spacial score (nSPS) is 9.88. The smallest absolute Gasteiger partial charge is 0.159 e. The largest absolute Gasteiger partial charge is 0.295 e. The minimum atomic E-state index is -0.0184. The van der Waals surface area contributed by atoms with Crippen LogP contribution in [0.3, 0.4) is 0 Å². The van der Waals surface area contributed by atoms with Crippen molar-refractivity contribution in [1.29, 1.82) is 0 Å². The highest BCUT2D eigenvalue weighted by molar-refractivity contribution is 5.92. The summed E-state index contributed by atoms with van der Waals surface area (Å²) in [7, 11) is 0. The lowest BCUT2D eigenvalue weighted by molar-refractivity contribution is -0.114. The second-order valence-corrected chi connectivity index (χ2v) is 3.60. The van der Waals surface area contributed by atoms with Crippen molar-refractivity contribution in [3.8, 4) is 11.3 Å². The van der Waals surface area contributed by atoms with E-state index in [4.69, 9.17) is 0 Å². The van der Waals surface area contributed by atoms with Crippen molar-refractivity contribution in [1.82, 2.24) is 9.97 Å². The maximum absolute atomic E-state index is 11.4. The number of allylic oxidation sites excluding steroid dienone is 1. The van der Waals surface area contributed by atoms with Crippen molar-refractivity contribution in [2.24, 2.45) is 0 Å². The zero-order valence-corrected chi connectivity index (χ0v) is 9.34. The molecule has 0 saturated heterocycles. The monoisotopic (exact) mass is 224 g/mol. The Morgan fingerprint density at radius 2 is 2.18 bits per heavy atom. The average molecular weight is 224 g/mol. The van der Waals surface area contributed by atoms with E-state index >= 15 is 0 Å². The van der Waals surface area contributed by atoms with Crippen LogP contribution in [0.25, 0.3) is 11.3 Å². The minimum absolute atomic E-state index is 0.0184. The second kappa shape index (κ2) is 5.16. The van der Waals surface area contributed by atoms with Crippen LogP contribution < -0.4 is 0 Å². The van der Waals surface area contributed by atoms with Crippen LogP contribution >= 0.6 is 0 Å². The summed E-state index contributed by atoms with van der Waals surface area (Å²) in [4.78, 5) is 19.7. The lowest BCUT2D eigenvalue weighted by Gasteiger charge is -2.06. The van der Waals surface area contributed by atoms with E-state index in [2.05, 4.69) is 16.5 Å². The molecule has 17 heavy (non-hydrogen) atoms. The number of ketones is 1. The third-order valence-electron chi connectivity index (χ3n) is 2.44. The number of carbonyl (C=O) groups excluding carboxylic acids is 1. The van der Waals surface area contributed by atoms with E-state index < -0.39 is 0 Å². The van der Waals surface area contributed by atoms with Gasteiger partial charge in [-0.05, 0) is 29.8 Å². The van der Waals surface area contributed by atoms with E-state index in [9.17, 15) is 4.79 Å². The highest BCUT2D eigenvalue weighted by atomic mass is 16.1. The third-order valence-corrected chi connectivity index (χ3v) is 2.44. The standard InChI is InChI=1S/C14H12N2O/c1-2-12(17)9-11-10-15-8-6-13(11)14-5-3-4-7-16-14/h2-8,10H,1,9H2. The number of rotatable bonds is 4. The molecule has 3 heteroatoms. The molecule has 0 amide bonds. The second-order valence-electron chi connectivity index (χ2n) is 3.60. The van der Waals surface area contributed by atoms with Crippen LogP contribution in [-0.4, -0.2) is 15.8 Å². The van der Waals surface area contributed by atoms with Crippen LogP contribution in [-0.2, 0) is 11.2 Å². The van der Waals surface area contributed by atoms with Crippen LogP contribution in [0.5, 0.6) is 0 Å². The van der Waals surface area contributed by atoms with Gasteiger partial charge in [0.1, 0.15) is 0 Å². The van der Waals surface area contributed by atoms with Gasteiger partial charge in [-0.3, -0.25) is 14.8 Å². The van der Waals surface area contributed by atoms with Gasteiger partial charge in [0, 0.05) is 30.6 Å². The third kappa shape index (κ3) is 2.64. The molecular formula is C14H12N2O. The summed E-state index contributed by atoms with van der Waals surface area (Å²) in [5.41, 5.74) is 2.66. The van der Waals surface area contributed by atoms with Gasteiger partial charge in [-0.25, -0.2) is 0 Å². The number of hydrogen-bond donors (Lipinski definition) is 0. The molecule has 0 bridgehead atoms. The fraction of sp³-hybridized carbons (Fsp3) is 0.0714. The highest BCUT2D eigenvalue weighted by Gasteiger charge is 2.08. The van der Waals surface area contributed by atoms with Crippen LogP contribution in [0.15, 0.2) is 55.5 Å². The Morgan fingerprint density at radius 3 is 2.88 bits per heavy atom. The van der Waals surface area contributed by atoms with E-state index in [1.54, 1.807) is 18.6 Å². The first-order chi connectivity index (χ1) is 8.31. The van der Waals surface area contributed by atoms with Crippen molar-refractivity contribution in [3.63, 3.8) is 0 Å². The molecule has 0 aliphatic carbocycles. The van der Waals surface area contributed by atoms with E-state index in [0.717, 1.165) is 16.8 Å². The molecule has 3 nitrogen and oxygen atoms in total. The molecule has 84 valence electrons. The summed E-state index contributed by atoms with van der Waals surface area (Å²) < 4.78 is 0. The molecule has 0 aromatic carbocycles. The molecule has 2 rings (SSSR count). The summed E-state index contributed by atoms with van der Waals surface area (Å²) in [5.74, 6) is -0.0184. The molecule has 0 N–H and O–H groups in total. The Bertz CT molecular complexity index is 535. The van der Waals surface area contributed by atoms with Gasteiger partial charge in [0.15, 0.2) is 5.78 Å². The van der Waals surface area contributed by atoms with Gasteiger partial charge in [0.25, 0.3) is 0 Å². The minimum Gasteiger partial charge on any atom is -0.295 e. The first-order valence-electron chi connectivity index (χ1n) is 5.31. The number of pyridine rings is 2. The average Bonchev–Trinajstić information content (AvgIpc) is 2.40. The molecular weight excluding hydrogens is 212 g/mol. The maximum atomic E-state index is 11.4. The topological polar surface area (TPSA) is 42.9 Å². The Hall–Kier alpha value is -2.29. The first kappa shape index (κ1) is 11.2. The maximum Gasteiger partial charge on any atom is 0.159 e. The highest BCUT2D eigenvalue weighted by Crippen LogP contribution is 2.20. The van der Waals surface area contributed by atoms with Crippen molar-refractivity contribution >= 4 is 5.78 Å². The van der Waals surface area contributed by atoms with E-state index in [0.29, 0.717) is 6.42 Å². The van der Waals surface area contributed by atoms with Crippen molar-refractivity contribution in [2.75, 3.05) is 0 Å². The Balaban J connectivity index is 2.41. The van der Waals surface area contributed by atoms with Gasteiger partial charge >= 0.3 is 0 Å². The number of carbonyl (C=O) groups is 1. The van der Waals surface area contributed by atoms with Crippen LogP contribution in [0.1, 0.15) is 5.56 Å². The zero-order chi connectivity index (χ0) is 12.1. The van der Waals surface area contributed by atoms with Crippen LogP contribution in [0.2, 0.25) is 0 Å². The van der Waals surface area contributed by atoms with Crippen molar-refractivity contribution < 1.29 is 4.79 Å². The fourth-order valence-corrected chi connectivity index (χ4v) is 1.60. The van der Waals surface area contributed by atoms with Gasteiger partial charge in [-0.2, -0.15) is 0 Å². The van der Waals surface area contributed by atoms with E-state index in [-0.39, 0.29) is 5.78 Å². The molecule has 0 saturated carbocycles. The summed E-state index contributed by atoms with van der Waals surface area (Å²) in [6.07, 6.45) is 6.77. The SMILES string of the molecule is C=CC(=O)Cc1cnccc1-c1ccccn1. The first-order valence-corrected chi connectivity index (χ1v) is 5.31. The summed E-state index contributed by atoms with van der Waals surface area (Å²) in [5, 5.41) is 0. The van der Waals surface area contributed by atoms with Crippen molar-refractivity contribution in [3.05, 3.63) is 61.1 Å². The molecule has 0 aliphatic heterocycles. The van der Waals surface area contributed by atoms with Gasteiger partial charge in [0.05, 0.1) is 5.69 Å². The van der Waals surface area contributed by atoms with Gasteiger partial charge < -0.3 is 0 Å². The molecule has 0 aliphatic rings. The predicted octanol–water partition coefficient (Wildman–Crippen LogP) is 2.44. The molecule has 0 fully saturated rings. The number of hydrogen-bond acceptors (Lipinski definition) is 3. The Labute approximate surface area is 99.9 Å². The molecule has 0 atom stereocenters. The zero-order valence-electron chi connectivity index (χ0n) is 9.34. The number of aromatic nitrogens is 2. The number of nitrogens with zero attached hydrogens (tertiary/aromatic N) is 2. The van der Waals surface area contributed by atoms with Gasteiger partial charge in [-0.1, -0.05) is 12.6 Å². The van der Waals surface area contributed by atoms with E-state index in [1.165, 1.54) is 6.08 Å². The van der Waals surface area contributed by atoms with Crippen LogP contribution in [0, 0.1) is 0 Å². The molecule has 2 aromatic heterocycles. The molecule has 0 radical (unpaired) electrons. The molecule has 0 spiro atoms. The Kier molecular flexibility index (Phi) is 3.40. The van der Waals surface area contributed by atoms with E-state index in [1.807, 2.05) is 24.3 Å². The summed E-state index contributed by atoms with van der Waals surface area (Å²) >= 11 is 0. The summed E-state index contributed by atoms with van der Waals surface area (Å²) in [6.45, 7) is 3.47.